The lowest BCUT2D eigenvalue weighted by atomic mass is 10.0. The minimum atomic E-state index is -8.42. The lowest BCUT2D eigenvalue weighted by Crippen LogP contribution is -2.65. The standard InChI is InChI=1S/C9H20NO30P9/c11-7(12)8(44(22,23)24,10(47(31,32)33)48(34,35)36)9(45(25,26)27,46(28,29)30)2-1-3(41(13,14)15)4(40-49(37,38)39)6(43(19,20)21)5(2)42(16,17)18/h1H,(H,11,12)(H2,13,14,15)(H2,16,17,18)(H2,19,20,21)(H2,22,23,24)(H2,25,26,27)(H2,28,29,30)(H2,31,32,33)(H2,34,35,36)(H2,37,38,39)/t8-/m0/s1. The molecule has 0 saturated carbocycles. The van der Waals surface area contributed by atoms with Gasteiger partial charge in [-0.3, -0.25) is 37.2 Å². The highest BCUT2D eigenvalue weighted by Gasteiger charge is 2.89. The SMILES string of the molecule is O=C(O)[C@@](N(P(=O)(O)O)P(=O)(O)O)(C(c1cc(P(=O)(O)O)c(OP(=O)(O)O)c(P(=O)(O)O)c1P(=O)(O)O)(P(=O)(O)O)P(=O)(O)O)P(=O)(O)O. The number of carboxylic acid groups (broad SMARTS) is 1. The molecule has 0 spiro atoms. The van der Waals surface area contributed by atoms with Crippen molar-refractivity contribution in [2.75, 3.05) is 0 Å². The van der Waals surface area contributed by atoms with Gasteiger partial charge in [-0.05, 0) is 6.07 Å². The maximum atomic E-state index is 13.2. The molecule has 1 aromatic rings. The Morgan fingerprint density at radius 3 is 1.10 bits per heavy atom. The van der Waals surface area contributed by atoms with Gasteiger partial charge in [0.05, 0.1) is 5.30 Å². The van der Waals surface area contributed by atoms with E-state index >= 15 is 0 Å². The predicted molar refractivity (Wildman–Crippen MR) is 148 cm³/mol. The van der Waals surface area contributed by atoms with Gasteiger partial charge in [-0.15, -0.1) is 0 Å². The number of nitrogens with zero attached hydrogens (tertiary/aromatic N) is 1. The van der Waals surface area contributed by atoms with E-state index in [4.69, 9.17) is 0 Å². The van der Waals surface area contributed by atoms with E-state index in [1.165, 1.54) is 0 Å². The summed E-state index contributed by atoms with van der Waals surface area (Å²) in [7, 11) is -69.1. The molecule has 0 amide bonds. The van der Waals surface area contributed by atoms with E-state index in [1.54, 1.807) is 0 Å². The minimum absolute atomic E-state index is 1.36. The zero-order valence-corrected chi connectivity index (χ0v) is 30.1. The van der Waals surface area contributed by atoms with Crippen LogP contribution in [0.5, 0.6) is 5.75 Å². The van der Waals surface area contributed by atoms with E-state index in [2.05, 4.69) is 4.52 Å². The largest absolute Gasteiger partial charge is 0.524 e. The first-order valence-corrected chi connectivity index (χ1v) is 24.7. The van der Waals surface area contributed by atoms with Crippen LogP contribution in [0, 0.1) is 0 Å². The number of hydrogen-bond acceptors (Lipinski definition) is 11. The molecule has 1 rings (SSSR count). The Morgan fingerprint density at radius 2 is 0.898 bits per heavy atom. The quantitative estimate of drug-likeness (QED) is 0.0775. The van der Waals surface area contributed by atoms with Gasteiger partial charge in [0.2, 0.25) is 4.90 Å². The third-order valence-corrected chi connectivity index (χ3v) is 18.7. The summed E-state index contributed by atoms with van der Waals surface area (Å²) >= 11 is 0. The van der Waals surface area contributed by atoms with Crippen LogP contribution in [0.25, 0.3) is 0 Å². The van der Waals surface area contributed by atoms with Crippen LogP contribution in [-0.4, -0.2) is 109 Å². The van der Waals surface area contributed by atoms with Crippen LogP contribution in [0.3, 0.4) is 0 Å². The fourth-order valence-corrected chi connectivity index (χ4v) is 18.7. The Hall–Kier alpha value is -0.200. The van der Waals surface area contributed by atoms with Gasteiger partial charge in [-0.2, -0.15) is 0 Å². The van der Waals surface area contributed by atoms with Gasteiger partial charge in [-0.1, -0.05) is 4.44 Å². The summed E-state index contributed by atoms with van der Waals surface area (Å²) in [6.45, 7) is 0. The summed E-state index contributed by atoms with van der Waals surface area (Å²) < 4.78 is 114. The molecule has 0 aliphatic carbocycles. The third-order valence-electron chi connectivity index (χ3n) is 5.52. The number of phosphoric acid groups is 1. The average molecular weight is 901 g/mol. The third kappa shape index (κ3) is 8.47. The second-order valence-corrected chi connectivity index (χ2v) is 23.4. The van der Waals surface area contributed by atoms with Crippen molar-refractivity contribution in [1.82, 2.24) is 4.44 Å². The summed E-state index contributed by atoms with van der Waals surface area (Å²) in [5, 5.41) is -6.30. The molecule has 0 radical (unpaired) electrons. The van der Waals surface area contributed by atoms with Crippen molar-refractivity contribution in [3.8, 4) is 5.75 Å². The van der Waals surface area contributed by atoms with Gasteiger partial charge < -0.3 is 87.9 Å². The zero-order valence-electron chi connectivity index (χ0n) is 22.0. The fourth-order valence-electron chi connectivity index (χ4n) is 4.31. The molecule has 19 N–H and O–H groups in total. The normalized spacial score (nSPS) is 16.4. The second kappa shape index (κ2) is 13.3. The van der Waals surface area contributed by atoms with Crippen LogP contribution < -0.4 is 20.4 Å². The van der Waals surface area contributed by atoms with Gasteiger partial charge in [0.25, 0.3) is 5.28 Å². The molecule has 0 fully saturated rings. The number of aliphatic carboxylic acids is 1. The van der Waals surface area contributed by atoms with Crippen molar-refractivity contribution in [2.45, 2.75) is 10.2 Å². The highest BCUT2D eigenvalue weighted by Crippen LogP contribution is 2.88. The van der Waals surface area contributed by atoms with Gasteiger partial charge in [0.1, 0.15) is 10.6 Å². The molecule has 49 heavy (non-hydrogen) atoms. The summed E-state index contributed by atoms with van der Waals surface area (Å²) in [6, 6.07) is -1.36. The molecule has 286 valence electrons. The van der Waals surface area contributed by atoms with E-state index in [0.29, 0.717) is 0 Å². The van der Waals surface area contributed by atoms with Crippen molar-refractivity contribution in [3.63, 3.8) is 0 Å². The Morgan fingerprint density at radius 1 is 0.551 bits per heavy atom. The smallest absolute Gasteiger partial charge is 0.479 e. The van der Waals surface area contributed by atoms with Crippen LogP contribution in [0.1, 0.15) is 5.56 Å². The topological polar surface area (TPSA) is 568 Å². The molecule has 0 saturated heterocycles. The molecule has 0 aliphatic rings. The van der Waals surface area contributed by atoms with Crippen molar-refractivity contribution in [3.05, 3.63) is 11.6 Å². The Kier molecular flexibility index (Phi) is 12.7. The molecule has 31 nitrogen and oxygen atoms in total. The van der Waals surface area contributed by atoms with Gasteiger partial charge in [-0.25, -0.2) is 18.5 Å². The lowest BCUT2D eigenvalue weighted by molar-refractivity contribution is -0.145. The lowest BCUT2D eigenvalue weighted by Gasteiger charge is -2.51. The van der Waals surface area contributed by atoms with E-state index in [9.17, 15) is 139 Å². The summed E-state index contributed by atoms with van der Waals surface area (Å²) in [5.41, 5.74) is -3.57. The molecule has 0 unspecified atom stereocenters. The highest BCUT2D eigenvalue weighted by atomic mass is 31.3. The number of rotatable bonds is 14. The second-order valence-electron chi connectivity index (χ2n) is 8.78. The van der Waals surface area contributed by atoms with Crippen molar-refractivity contribution >= 4 is 90.8 Å². The molecule has 0 heterocycles. The summed E-state index contributed by atoms with van der Waals surface area (Å²) in [5.74, 6) is -7.12. The van der Waals surface area contributed by atoms with E-state index < -0.39 is 123 Å². The number of benzene rings is 1. The van der Waals surface area contributed by atoms with Crippen LogP contribution in [-0.2, 0) is 50.8 Å². The first-order chi connectivity index (χ1) is 20.9. The Labute approximate surface area is 266 Å². The number of carboxylic acids is 1. The molecular formula is C9H20NO30P9. The van der Waals surface area contributed by atoms with Gasteiger partial charge in [0, 0.05) is 5.56 Å². The van der Waals surface area contributed by atoms with Gasteiger partial charge >= 0.3 is 74.9 Å². The molecular weight excluding hydrogens is 881 g/mol. The zero-order chi connectivity index (χ0) is 40.0. The van der Waals surface area contributed by atoms with E-state index in [-0.39, 0.29) is 0 Å². The Bertz CT molecular complexity index is 1930. The van der Waals surface area contributed by atoms with Crippen molar-refractivity contribution in [2.24, 2.45) is 0 Å². The minimum Gasteiger partial charge on any atom is -0.479 e. The highest BCUT2D eigenvalue weighted by molar-refractivity contribution is 7.75. The van der Waals surface area contributed by atoms with E-state index in [0.717, 1.165) is 0 Å². The number of hydrogen-bond donors (Lipinski definition) is 19. The molecule has 0 aliphatic heterocycles. The monoisotopic (exact) mass is 901 g/mol. The molecule has 0 aromatic heterocycles. The fraction of sp³-hybridized carbons (Fsp3) is 0.222. The van der Waals surface area contributed by atoms with E-state index in [1.807, 2.05) is 0 Å². The molecule has 40 heteroatoms. The van der Waals surface area contributed by atoms with Crippen LogP contribution in [0.4, 0.5) is 0 Å². The molecule has 1 atom stereocenters. The van der Waals surface area contributed by atoms with Crippen molar-refractivity contribution < 1.29 is 144 Å². The maximum absolute atomic E-state index is 13.2. The van der Waals surface area contributed by atoms with Crippen LogP contribution in [0.15, 0.2) is 6.07 Å². The van der Waals surface area contributed by atoms with Crippen LogP contribution >= 0.6 is 68.9 Å². The predicted octanol–water partition coefficient (Wildman–Crippen LogP) is -5.48. The molecule has 0 bridgehead atoms. The summed E-state index contributed by atoms with van der Waals surface area (Å²) in [4.78, 5) is 184. The van der Waals surface area contributed by atoms with Gasteiger partial charge in [0.15, 0.2) is 5.75 Å². The number of carbonyl (C=O) groups is 1. The first-order valence-electron chi connectivity index (χ1n) is 10.4. The summed E-state index contributed by atoms with van der Waals surface area (Å²) in [6.07, 6.45) is 0. The molecule has 1 aromatic carbocycles. The Balaban J connectivity index is 5.81. The van der Waals surface area contributed by atoms with Crippen molar-refractivity contribution in [1.29, 1.82) is 0 Å². The first kappa shape index (κ1) is 46.8. The average Bonchev–Trinajstić information content (AvgIpc) is 2.70. The maximum Gasteiger partial charge on any atom is 0.524 e. The number of phosphoric ester groups is 1. The van der Waals surface area contributed by atoms with Crippen LogP contribution in [0.2, 0.25) is 0 Å².